The number of sulfone groups is 1. The van der Waals surface area contributed by atoms with E-state index >= 15 is 0 Å². The van der Waals surface area contributed by atoms with Crippen molar-refractivity contribution in [2.75, 3.05) is 13.1 Å². The maximum atomic E-state index is 12.9. The molecule has 2 aromatic rings. The Hall–Kier alpha value is -1.67. The largest absolute Gasteiger partial charge is 0.344 e. The standard InChI is InChI=1S/C16H20BrN3O3S/c1-5-19(6-2)16(21)20-8-7-14(18-20)24(22,23)15-11(3)9-13(17)10-12(15)4/h7-10H,5-6H2,1-4H3. The third-order valence-corrected chi connectivity index (χ3v) is 6.17. The van der Waals surface area contributed by atoms with Gasteiger partial charge in [0.1, 0.15) is 0 Å². The Balaban J connectivity index is 2.48. The smallest absolute Gasteiger partial charge is 0.323 e. The molecule has 0 spiro atoms. The number of nitrogens with zero attached hydrogens (tertiary/aromatic N) is 3. The fourth-order valence-electron chi connectivity index (χ4n) is 2.62. The second-order valence-electron chi connectivity index (χ2n) is 5.43. The number of hydrogen-bond acceptors (Lipinski definition) is 4. The summed E-state index contributed by atoms with van der Waals surface area (Å²) in [5.74, 6) is 0. The number of hydrogen-bond donors (Lipinski definition) is 0. The number of halogens is 1. The van der Waals surface area contributed by atoms with E-state index in [9.17, 15) is 13.2 Å². The van der Waals surface area contributed by atoms with E-state index in [2.05, 4.69) is 21.0 Å². The first-order valence-corrected chi connectivity index (χ1v) is 9.86. The van der Waals surface area contributed by atoms with Gasteiger partial charge in [0.15, 0.2) is 5.03 Å². The summed E-state index contributed by atoms with van der Waals surface area (Å²) >= 11 is 3.36. The molecule has 0 aliphatic carbocycles. The molecule has 0 unspecified atom stereocenters. The van der Waals surface area contributed by atoms with Gasteiger partial charge in [0, 0.05) is 23.8 Å². The predicted octanol–water partition coefficient (Wildman–Crippen LogP) is 3.41. The molecule has 2 rings (SSSR count). The van der Waals surface area contributed by atoms with Crippen LogP contribution in [0.3, 0.4) is 0 Å². The average Bonchev–Trinajstić information content (AvgIpc) is 2.97. The van der Waals surface area contributed by atoms with Gasteiger partial charge in [0.05, 0.1) is 4.90 Å². The molecular weight excluding hydrogens is 394 g/mol. The summed E-state index contributed by atoms with van der Waals surface area (Å²) in [5, 5.41) is 3.88. The molecule has 0 fully saturated rings. The number of carbonyl (C=O) groups is 1. The monoisotopic (exact) mass is 413 g/mol. The first-order valence-electron chi connectivity index (χ1n) is 7.59. The molecule has 130 valence electrons. The van der Waals surface area contributed by atoms with Gasteiger partial charge in [-0.2, -0.15) is 9.78 Å². The Labute approximate surface area is 150 Å². The van der Waals surface area contributed by atoms with Crippen LogP contribution >= 0.6 is 15.9 Å². The second-order valence-corrected chi connectivity index (χ2v) is 8.17. The van der Waals surface area contributed by atoms with Gasteiger partial charge in [-0.3, -0.25) is 0 Å². The van der Waals surface area contributed by atoms with E-state index < -0.39 is 9.84 Å². The van der Waals surface area contributed by atoms with Gasteiger partial charge >= 0.3 is 6.03 Å². The summed E-state index contributed by atoms with van der Waals surface area (Å²) in [5.41, 5.74) is 1.26. The van der Waals surface area contributed by atoms with Crippen molar-refractivity contribution in [3.05, 3.63) is 40.0 Å². The third-order valence-electron chi connectivity index (χ3n) is 3.76. The van der Waals surface area contributed by atoms with E-state index in [-0.39, 0.29) is 16.0 Å². The fraction of sp³-hybridized carbons (Fsp3) is 0.375. The highest BCUT2D eigenvalue weighted by molar-refractivity contribution is 9.10. The highest BCUT2D eigenvalue weighted by Crippen LogP contribution is 2.29. The molecule has 6 nitrogen and oxygen atoms in total. The van der Waals surface area contributed by atoms with Crippen LogP contribution in [0.15, 0.2) is 38.8 Å². The minimum atomic E-state index is -3.79. The molecular formula is C16H20BrN3O3S. The molecule has 0 radical (unpaired) electrons. The minimum Gasteiger partial charge on any atom is -0.323 e. The highest BCUT2D eigenvalue weighted by Gasteiger charge is 2.26. The highest BCUT2D eigenvalue weighted by atomic mass is 79.9. The van der Waals surface area contributed by atoms with Gasteiger partial charge in [-0.15, -0.1) is 0 Å². The Morgan fingerprint density at radius 3 is 2.25 bits per heavy atom. The van der Waals surface area contributed by atoms with Crippen LogP contribution in [0.5, 0.6) is 0 Å². The predicted molar refractivity (Wildman–Crippen MR) is 95.0 cm³/mol. The lowest BCUT2D eigenvalue weighted by atomic mass is 10.2. The van der Waals surface area contributed by atoms with Crippen molar-refractivity contribution in [2.45, 2.75) is 37.6 Å². The summed E-state index contributed by atoms with van der Waals surface area (Å²) in [6.07, 6.45) is 1.39. The number of amides is 1. The lowest BCUT2D eigenvalue weighted by molar-refractivity contribution is 0.201. The number of carbonyl (C=O) groups excluding carboxylic acids is 1. The number of rotatable bonds is 4. The van der Waals surface area contributed by atoms with E-state index in [0.717, 1.165) is 9.15 Å². The maximum absolute atomic E-state index is 12.9. The Morgan fingerprint density at radius 1 is 1.21 bits per heavy atom. The summed E-state index contributed by atoms with van der Waals surface area (Å²) in [7, 11) is -3.79. The van der Waals surface area contributed by atoms with Crippen LogP contribution in [0, 0.1) is 13.8 Å². The first kappa shape index (κ1) is 18.7. The molecule has 0 aliphatic rings. The number of benzene rings is 1. The molecule has 1 amide bonds. The molecule has 0 bridgehead atoms. The van der Waals surface area contributed by atoms with Gasteiger partial charge < -0.3 is 4.90 Å². The van der Waals surface area contributed by atoms with E-state index in [1.807, 2.05) is 13.8 Å². The van der Waals surface area contributed by atoms with Crippen molar-refractivity contribution in [3.63, 3.8) is 0 Å². The summed E-state index contributed by atoms with van der Waals surface area (Å²) in [6.45, 7) is 8.25. The van der Waals surface area contributed by atoms with Crippen LogP contribution in [0.4, 0.5) is 4.79 Å². The van der Waals surface area contributed by atoms with Crippen LogP contribution < -0.4 is 0 Å². The van der Waals surface area contributed by atoms with Gasteiger partial charge in [-0.1, -0.05) is 15.9 Å². The van der Waals surface area contributed by atoms with Crippen molar-refractivity contribution in [1.82, 2.24) is 14.7 Å². The Bertz CT molecular complexity index is 847. The van der Waals surface area contributed by atoms with E-state index in [4.69, 9.17) is 0 Å². The van der Waals surface area contributed by atoms with Gasteiger partial charge in [0.2, 0.25) is 9.84 Å². The van der Waals surface area contributed by atoms with Gasteiger partial charge in [-0.25, -0.2) is 13.2 Å². The summed E-state index contributed by atoms with van der Waals surface area (Å²) < 4.78 is 27.7. The van der Waals surface area contributed by atoms with E-state index in [0.29, 0.717) is 24.2 Å². The van der Waals surface area contributed by atoms with Crippen LogP contribution in [-0.4, -0.2) is 42.2 Å². The second kappa shape index (κ2) is 7.06. The van der Waals surface area contributed by atoms with Crippen LogP contribution in [-0.2, 0) is 9.84 Å². The lowest BCUT2D eigenvalue weighted by Crippen LogP contribution is -2.34. The van der Waals surface area contributed by atoms with Crippen LogP contribution in [0.1, 0.15) is 25.0 Å². The normalized spacial score (nSPS) is 11.5. The zero-order chi connectivity index (χ0) is 18.1. The van der Waals surface area contributed by atoms with Gasteiger partial charge in [0.25, 0.3) is 0 Å². The van der Waals surface area contributed by atoms with Crippen LogP contribution in [0.25, 0.3) is 0 Å². The molecule has 1 aromatic carbocycles. The van der Waals surface area contributed by atoms with Crippen molar-refractivity contribution in [2.24, 2.45) is 0 Å². The zero-order valence-electron chi connectivity index (χ0n) is 14.1. The first-order chi connectivity index (χ1) is 11.2. The summed E-state index contributed by atoms with van der Waals surface area (Å²) in [4.78, 5) is 14.1. The van der Waals surface area contributed by atoms with E-state index in [1.165, 1.54) is 12.3 Å². The lowest BCUT2D eigenvalue weighted by Gasteiger charge is -2.17. The molecule has 0 aliphatic heterocycles. The SMILES string of the molecule is CCN(CC)C(=O)n1ccc(S(=O)(=O)c2c(C)cc(Br)cc2C)n1. The van der Waals surface area contributed by atoms with Crippen molar-refractivity contribution in [1.29, 1.82) is 0 Å². The van der Waals surface area contributed by atoms with Crippen molar-refractivity contribution < 1.29 is 13.2 Å². The molecule has 0 saturated carbocycles. The number of aryl methyl sites for hydroxylation is 2. The molecule has 0 saturated heterocycles. The molecule has 8 heteroatoms. The molecule has 24 heavy (non-hydrogen) atoms. The molecule has 0 atom stereocenters. The fourth-order valence-corrected chi connectivity index (χ4v) is 4.92. The Morgan fingerprint density at radius 2 is 1.75 bits per heavy atom. The molecule has 1 heterocycles. The molecule has 0 N–H and O–H groups in total. The number of aromatic nitrogens is 2. The minimum absolute atomic E-state index is 0.128. The van der Waals surface area contributed by atoms with Crippen molar-refractivity contribution >= 4 is 31.8 Å². The maximum Gasteiger partial charge on any atom is 0.344 e. The summed E-state index contributed by atoms with van der Waals surface area (Å²) in [6, 6.07) is 4.51. The van der Waals surface area contributed by atoms with Gasteiger partial charge in [-0.05, 0) is 57.0 Å². The Kier molecular flexibility index (Phi) is 5.49. The topological polar surface area (TPSA) is 72.3 Å². The van der Waals surface area contributed by atoms with Crippen LogP contribution in [0.2, 0.25) is 0 Å². The zero-order valence-corrected chi connectivity index (χ0v) is 16.5. The van der Waals surface area contributed by atoms with Crippen molar-refractivity contribution in [3.8, 4) is 0 Å². The van der Waals surface area contributed by atoms with E-state index in [1.54, 1.807) is 30.9 Å². The average molecular weight is 414 g/mol. The quantitative estimate of drug-likeness (QED) is 0.769. The third kappa shape index (κ3) is 3.39. The molecule has 1 aromatic heterocycles.